The van der Waals surface area contributed by atoms with Gasteiger partial charge >= 0.3 is 11.9 Å². The van der Waals surface area contributed by atoms with Gasteiger partial charge in [0.15, 0.2) is 0 Å². The molecule has 0 spiro atoms. The van der Waals surface area contributed by atoms with Crippen molar-refractivity contribution in [2.24, 2.45) is 17.8 Å². The molecule has 0 radical (unpaired) electrons. The van der Waals surface area contributed by atoms with Gasteiger partial charge in [-0.1, -0.05) is 22.4 Å². The summed E-state index contributed by atoms with van der Waals surface area (Å²) in [5.74, 6) is -0.808. The van der Waals surface area contributed by atoms with E-state index in [0.717, 1.165) is 23.7 Å². The number of fused-ring (bicyclic) bond motifs is 3. The highest BCUT2D eigenvalue weighted by atomic mass is 79.9. The molecule has 0 amide bonds. The molecule has 7 heteroatoms. The zero-order chi connectivity index (χ0) is 20.5. The molecule has 1 aromatic heterocycles. The molecule has 1 heterocycles. The van der Waals surface area contributed by atoms with Crippen LogP contribution in [0.2, 0.25) is 0 Å². The van der Waals surface area contributed by atoms with E-state index in [9.17, 15) is 14.4 Å². The Hall–Kier alpha value is -2.15. The molecule has 6 nitrogen and oxygen atoms in total. The lowest BCUT2D eigenvalue weighted by Gasteiger charge is -2.36. The van der Waals surface area contributed by atoms with Crippen molar-refractivity contribution >= 4 is 44.6 Å². The van der Waals surface area contributed by atoms with Crippen molar-refractivity contribution in [1.29, 1.82) is 0 Å². The summed E-state index contributed by atoms with van der Waals surface area (Å²) in [6, 6.07) is 5.39. The third-order valence-electron chi connectivity index (χ3n) is 5.95. The lowest BCUT2D eigenvalue weighted by molar-refractivity contribution is -0.154. The molecule has 2 bridgehead atoms. The molecule has 0 N–H and O–H groups in total. The van der Waals surface area contributed by atoms with Gasteiger partial charge in [-0.2, -0.15) is 0 Å². The van der Waals surface area contributed by atoms with Crippen LogP contribution >= 0.6 is 15.9 Å². The fraction of sp³-hybridized carbons (Fsp3) is 0.500. The maximum atomic E-state index is 12.8. The lowest BCUT2D eigenvalue weighted by atomic mass is 9.67. The fourth-order valence-electron chi connectivity index (χ4n) is 4.56. The first-order valence-corrected chi connectivity index (χ1v) is 10.9. The van der Waals surface area contributed by atoms with Crippen molar-refractivity contribution in [1.82, 2.24) is 0 Å². The van der Waals surface area contributed by atoms with Crippen LogP contribution in [0.5, 0.6) is 0 Å². The van der Waals surface area contributed by atoms with Crippen LogP contribution < -0.4 is 0 Å². The van der Waals surface area contributed by atoms with E-state index in [1.165, 1.54) is 0 Å². The molecule has 2 saturated carbocycles. The van der Waals surface area contributed by atoms with Crippen LogP contribution in [-0.4, -0.2) is 24.3 Å². The standard InChI is InChI=1S/C22H23BrO6/c1-2-27-22(26)20-17(16-10-15(23)6-7-18(16)29-20)11-28-21(25)14-8-12-4-3-5-13(9-14)19(12)24/h6-7,10,12-14H,2-5,8-9,11H2,1H3/t12-,13+,14?. The van der Waals surface area contributed by atoms with Gasteiger partial charge in [0.2, 0.25) is 5.76 Å². The number of carbonyl (C=O) groups excluding carboxylic acids is 3. The largest absolute Gasteiger partial charge is 0.460 e. The van der Waals surface area contributed by atoms with E-state index >= 15 is 0 Å². The van der Waals surface area contributed by atoms with Gasteiger partial charge in [0.05, 0.1) is 18.1 Å². The van der Waals surface area contributed by atoms with Crippen LogP contribution in [0.25, 0.3) is 11.0 Å². The van der Waals surface area contributed by atoms with Crippen molar-refractivity contribution in [3.63, 3.8) is 0 Å². The molecule has 1 aromatic carbocycles. The maximum Gasteiger partial charge on any atom is 0.374 e. The van der Waals surface area contributed by atoms with Crippen molar-refractivity contribution in [2.75, 3.05) is 6.61 Å². The van der Waals surface area contributed by atoms with E-state index in [1.54, 1.807) is 13.0 Å². The number of carbonyl (C=O) groups is 3. The van der Waals surface area contributed by atoms with Gasteiger partial charge in [0.25, 0.3) is 0 Å². The minimum atomic E-state index is -0.580. The fourth-order valence-corrected chi connectivity index (χ4v) is 4.92. The predicted molar refractivity (Wildman–Crippen MR) is 108 cm³/mol. The Balaban J connectivity index is 1.53. The number of rotatable bonds is 5. The van der Waals surface area contributed by atoms with Crippen LogP contribution in [0.1, 0.15) is 55.1 Å². The molecule has 2 fully saturated rings. The van der Waals surface area contributed by atoms with E-state index in [1.807, 2.05) is 12.1 Å². The van der Waals surface area contributed by atoms with Crippen LogP contribution in [0.15, 0.2) is 27.1 Å². The number of esters is 2. The summed E-state index contributed by atoms with van der Waals surface area (Å²) in [6.45, 7) is 1.87. The number of Topliss-reactive ketones (excluding diaryl/α,β-unsaturated/α-hetero) is 1. The first-order chi connectivity index (χ1) is 14.0. The maximum absolute atomic E-state index is 12.8. The number of halogens is 1. The second-order valence-electron chi connectivity index (χ2n) is 7.77. The lowest BCUT2D eigenvalue weighted by Crippen LogP contribution is -2.39. The molecule has 1 unspecified atom stereocenters. The Kier molecular flexibility index (Phi) is 5.76. The van der Waals surface area contributed by atoms with E-state index in [2.05, 4.69) is 15.9 Å². The monoisotopic (exact) mass is 462 g/mol. The molecule has 0 aliphatic heterocycles. The van der Waals surface area contributed by atoms with Gasteiger partial charge in [-0.15, -0.1) is 0 Å². The molecular weight excluding hydrogens is 440 g/mol. The van der Waals surface area contributed by atoms with Crippen LogP contribution in [0.4, 0.5) is 0 Å². The predicted octanol–water partition coefficient (Wildman–Crippen LogP) is 4.81. The first kappa shape index (κ1) is 20.1. The quantitative estimate of drug-likeness (QED) is 0.592. The van der Waals surface area contributed by atoms with Crippen LogP contribution in [-0.2, 0) is 25.7 Å². The summed E-state index contributed by atoms with van der Waals surface area (Å²) in [6.07, 6.45) is 3.92. The Labute approximate surface area is 177 Å². The first-order valence-electron chi connectivity index (χ1n) is 10.1. The molecule has 4 rings (SSSR count). The SMILES string of the molecule is CCOC(=O)c1oc2ccc(Br)cc2c1COC(=O)C1C[C@H]2CCC[C@@H](C1)C2=O. The van der Waals surface area contributed by atoms with Gasteiger partial charge in [0, 0.05) is 21.7 Å². The van der Waals surface area contributed by atoms with Crippen molar-refractivity contribution < 1.29 is 28.3 Å². The summed E-state index contributed by atoms with van der Waals surface area (Å²) in [5.41, 5.74) is 1.03. The Morgan fingerprint density at radius 2 is 1.90 bits per heavy atom. The minimum Gasteiger partial charge on any atom is -0.460 e. The Bertz CT molecular complexity index is 946. The van der Waals surface area contributed by atoms with Crippen molar-refractivity contribution in [3.05, 3.63) is 34.0 Å². The van der Waals surface area contributed by atoms with Gasteiger partial charge in [-0.05, 0) is 50.8 Å². The van der Waals surface area contributed by atoms with Crippen LogP contribution in [0.3, 0.4) is 0 Å². The third kappa shape index (κ3) is 3.97. The molecule has 2 aliphatic carbocycles. The smallest absolute Gasteiger partial charge is 0.374 e. The average molecular weight is 463 g/mol. The van der Waals surface area contributed by atoms with Crippen LogP contribution in [0, 0.1) is 17.8 Å². The minimum absolute atomic E-state index is 0.0131. The number of hydrogen-bond acceptors (Lipinski definition) is 6. The summed E-state index contributed by atoms with van der Waals surface area (Å²) in [4.78, 5) is 37.3. The number of furan rings is 1. The Morgan fingerprint density at radius 1 is 1.17 bits per heavy atom. The van der Waals surface area contributed by atoms with Gasteiger partial charge in [0.1, 0.15) is 18.0 Å². The van der Waals surface area contributed by atoms with E-state index in [-0.39, 0.29) is 42.7 Å². The van der Waals surface area contributed by atoms with Gasteiger partial charge in [-0.3, -0.25) is 9.59 Å². The zero-order valence-corrected chi connectivity index (χ0v) is 17.8. The second-order valence-corrected chi connectivity index (χ2v) is 8.69. The van der Waals surface area contributed by atoms with Gasteiger partial charge in [-0.25, -0.2) is 4.79 Å². The summed E-state index contributed by atoms with van der Waals surface area (Å²) in [7, 11) is 0. The van der Waals surface area contributed by atoms with E-state index in [0.29, 0.717) is 35.2 Å². The second kappa shape index (κ2) is 8.30. The highest BCUT2D eigenvalue weighted by molar-refractivity contribution is 9.10. The molecule has 2 aromatic rings. The molecule has 154 valence electrons. The van der Waals surface area contributed by atoms with Crippen molar-refractivity contribution in [3.8, 4) is 0 Å². The number of ketones is 1. The number of ether oxygens (including phenoxy) is 2. The van der Waals surface area contributed by atoms with Crippen molar-refractivity contribution in [2.45, 2.75) is 45.6 Å². The molecular formula is C22H23BrO6. The number of benzene rings is 1. The molecule has 29 heavy (non-hydrogen) atoms. The zero-order valence-electron chi connectivity index (χ0n) is 16.2. The Morgan fingerprint density at radius 3 is 2.59 bits per heavy atom. The highest BCUT2D eigenvalue weighted by Gasteiger charge is 2.42. The summed E-state index contributed by atoms with van der Waals surface area (Å²) in [5, 5.41) is 0.700. The summed E-state index contributed by atoms with van der Waals surface area (Å²) < 4.78 is 17.2. The van der Waals surface area contributed by atoms with E-state index in [4.69, 9.17) is 13.9 Å². The topological polar surface area (TPSA) is 82.8 Å². The highest BCUT2D eigenvalue weighted by Crippen LogP contribution is 2.40. The normalized spacial score (nSPS) is 23.8. The average Bonchev–Trinajstić information content (AvgIpc) is 3.04. The molecule has 3 atom stereocenters. The summed E-state index contributed by atoms with van der Waals surface area (Å²) >= 11 is 3.42. The van der Waals surface area contributed by atoms with Gasteiger partial charge < -0.3 is 13.9 Å². The molecule has 2 aliphatic rings. The number of hydrogen-bond donors (Lipinski definition) is 0. The van der Waals surface area contributed by atoms with E-state index < -0.39 is 5.97 Å². The molecule has 0 saturated heterocycles. The third-order valence-corrected chi connectivity index (χ3v) is 6.45.